The Bertz CT molecular complexity index is 515. The van der Waals surface area contributed by atoms with Gasteiger partial charge in [-0.05, 0) is 6.07 Å². The highest BCUT2D eigenvalue weighted by atomic mass is 32.2. The van der Waals surface area contributed by atoms with Gasteiger partial charge in [0.15, 0.2) is 9.84 Å². The zero-order valence-corrected chi connectivity index (χ0v) is 11.0. The topological polar surface area (TPSA) is 75.6 Å². The molecule has 1 aliphatic rings. The summed E-state index contributed by atoms with van der Waals surface area (Å²) in [6.07, 6.45) is -0.856. The Labute approximate surface area is 107 Å². The van der Waals surface area contributed by atoms with Gasteiger partial charge in [-0.3, -0.25) is 0 Å². The van der Waals surface area contributed by atoms with Gasteiger partial charge in [0.25, 0.3) is 0 Å². The Kier molecular flexibility index (Phi) is 3.89. The van der Waals surface area contributed by atoms with Crippen molar-refractivity contribution in [2.75, 3.05) is 23.9 Å². The van der Waals surface area contributed by atoms with Gasteiger partial charge in [-0.25, -0.2) is 8.42 Å². The zero-order valence-electron chi connectivity index (χ0n) is 10.2. The highest BCUT2D eigenvalue weighted by Gasteiger charge is 2.36. The number of methoxy groups -OCH3 is 1. The first-order chi connectivity index (χ1) is 8.52. The van der Waals surface area contributed by atoms with Crippen LogP contribution in [-0.4, -0.2) is 44.3 Å². The highest BCUT2D eigenvalue weighted by Crippen LogP contribution is 2.21. The number of hydrogen-bond donors (Lipinski definition) is 2. The van der Waals surface area contributed by atoms with E-state index in [-0.39, 0.29) is 11.5 Å². The number of para-hydroxylation sites is 1. The van der Waals surface area contributed by atoms with Crippen molar-refractivity contribution < 1.29 is 18.3 Å². The molecule has 1 aromatic carbocycles. The van der Waals surface area contributed by atoms with Crippen LogP contribution >= 0.6 is 0 Å². The number of aliphatic hydroxyl groups excluding tert-OH is 1. The third kappa shape index (κ3) is 3.01. The molecule has 2 N–H and O–H groups in total. The van der Waals surface area contributed by atoms with E-state index in [1.54, 1.807) is 7.11 Å². The Morgan fingerprint density at radius 1 is 1.39 bits per heavy atom. The summed E-state index contributed by atoms with van der Waals surface area (Å²) in [4.78, 5) is 0. The number of nitrogens with one attached hydrogen (secondary N) is 1. The molecule has 1 fully saturated rings. The third-order valence-corrected chi connectivity index (χ3v) is 4.70. The number of aliphatic hydroxyl groups is 1. The van der Waals surface area contributed by atoms with Crippen molar-refractivity contribution in [2.45, 2.75) is 18.8 Å². The van der Waals surface area contributed by atoms with E-state index >= 15 is 0 Å². The molecule has 0 spiro atoms. The number of benzene rings is 1. The van der Waals surface area contributed by atoms with Crippen molar-refractivity contribution in [1.29, 1.82) is 0 Å². The molecule has 0 aromatic heterocycles. The molecule has 6 heteroatoms. The maximum Gasteiger partial charge on any atom is 0.155 e. The molecule has 100 valence electrons. The summed E-state index contributed by atoms with van der Waals surface area (Å²) in [6, 6.07) is 7.06. The zero-order chi connectivity index (χ0) is 13.2. The van der Waals surface area contributed by atoms with Crippen LogP contribution in [0.2, 0.25) is 0 Å². The van der Waals surface area contributed by atoms with E-state index < -0.39 is 22.0 Å². The number of ether oxygens (including phenoxy) is 1. The van der Waals surface area contributed by atoms with Crippen molar-refractivity contribution in [3.05, 3.63) is 29.8 Å². The molecule has 2 rings (SSSR count). The third-order valence-electron chi connectivity index (χ3n) is 2.98. The molecule has 2 atom stereocenters. The fraction of sp³-hybridized carbons (Fsp3) is 0.500. The van der Waals surface area contributed by atoms with Crippen LogP contribution in [0.25, 0.3) is 0 Å². The van der Waals surface area contributed by atoms with Gasteiger partial charge in [0.1, 0.15) is 0 Å². The van der Waals surface area contributed by atoms with Crippen LogP contribution in [0, 0.1) is 0 Å². The van der Waals surface area contributed by atoms with Crippen molar-refractivity contribution in [1.82, 2.24) is 0 Å². The van der Waals surface area contributed by atoms with Gasteiger partial charge in [-0.2, -0.15) is 0 Å². The lowest BCUT2D eigenvalue weighted by molar-refractivity contribution is 0.183. The van der Waals surface area contributed by atoms with Crippen LogP contribution in [0.4, 0.5) is 5.69 Å². The first kappa shape index (κ1) is 13.3. The molecule has 1 aromatic rings. The van der Waals surface area contributed by atoms with Crippen LogP contribution in [0.5, 0.6) is 0 Å². The van der Waals surface area contributed by atoms with Crippen molar-refractivity contribution in [3.8, 4) is 0 Å². The summed E-state index contributed by atoms with van der Waals surface area (Å²) in [5.74, 6) is -0.202. The molecule has 18 heavy (non-hydrogen) atoms. The second kappa shape index (κ2) is 5.26. The lowest BCUT2D eigenvalue weighted by Crippen LogP contribution is -2.32. The van der Waals surface area contributed by atoms with Crippen LogP contribution in [-0.2, 0) is 21.2 Å². The Morgan fingerprint density at radius 2 is 2.11 bits per heavy atom. The van der Waals surface area contributed by atoms with Gasteiger partial charge in [-0.1, -0.05) is 18.2 Å². The predicted molar refractivity (Wildman–Crippen MR) is 69.2 cm³/mol. The summed E-state index contributed by atoms with van der Waals surface area (Å²) in [6.45, 7) is 0.443. The number of anilines is 1. The molecule has 1 saturated heterocycles. The van der Waals surface area contributed by atoms with Gasteiger partial charge in [0, 0.05) is 18.4 Å². The molecule has 5 nitrogen and oxygen atoms in total. The molecule has 0 aliphatic carbocycles. The number of sulfone groups is 1. The summed E-state index contributed by atoms with van der Waals surface area (Å²) in [5, 5.41) is 12.8. The van der Waals surface area contributed by atoms with E-state index in [2.05, 4.69) is 5.32 Å². The highest BCUT2D eigenvalue weighted by molar-refractivity contribution is 7.91. The monoisotopic (exact) mass is 271 g/mol. The van der Waals surface area contributed by atoms with E-state index in [1.165, 1.54) is 0 Å². The van der Waals surface area contributed by atoms with Gasteiger partial charge in [0.05, 0.1) is 30.3 Å². The van der Waals surface area contributed by atoms with Crippen LogP contribution in [0.3, 0.4) is 0 Å². The van der Waals surface area contributed by atoms with Gasteiger partial charge in [-0.15, -0.1) is 0 Å². The fourth-order valence-electron chi connectivity index (χ4n) is 2.11. The SMILES string of the molecule is COCc1ccccc1NC1CS(=O)(=O)CC1O. The lowest BCUT2D eigenvalue weighted by atomic mass is 10.1. The van der Waals surface area contributed by atoms with Crippen LogP contribution in [0.15, 0.2) is 24.3 Å². The average molecular weight is 271 g/mol. The predicted octanol–water partition coefficient (Wildman–Crippen LogP) is 0.403. The summed E-state index contributed by atoms with van der Waals surface area (Å²) in [7, 11) is -1.53. The maximum atomic E-state index is 11.4. The molecular weight excluding hydrogens is 254 g/mol. The maximum absolute atomic E-state index is 11.4. The smallest absolute Gasteiger partial charge is 0.155 e. The minimum Gasteiger partial charge on any atom is -0.390 e. The van der Waals surface area contributed by atoms with E-state index in [1.807, 2.05) is 24.3 Å². The molecule has 0 radical (unpaired) electrons. The molecular formula is C12H17NO4S. The summed E-state index contributed by atoms with van der Waals surface area (Å²) >= 11 is 0. The first-order valence-electron chi connectivity index (χ1n) is 5.74. The average Bonchev–Trinajstić information content (AvgIpc) is 2.55. The normalized spacial score (nSPS) is 26.1. The van der Waals surface area contributed by atoms with Crippen molar-refractivity contribution in [2.24, 2.45) is 0 Å². The summed E-state index contributed by atoms with van der Waals surface area (Å²) < 4.78 is 27.9. The largest absolute Gasteiger partial charge is 0.390 e. The van der Waals surface area contributed by atoms with Gasteiger partial charge in [0.2, 0.25) is 0 Å². The first-order valence-corrected chi connectivity index (χ1v) is 7.56. The minimum atomic E-state index is -3.13. The molecule has 0 saturated carbocycles. The fourth-order valence-corrected chi connectivity index (χ4v) is 3.85. The van der Waals surface area contributed by atoms with Crippen LogP contribution < -0.4 is 5.32 Å². The minimum absolute atomic E-state index is 0.0323. The lowest BCUT2D eigenvalue weighted by Gasteiger charge is -2.18. The number of rotatable bonds is 4. The van der Waals surface area contributed by atoms with E-state index in [4.69, 9.17) is 4.74 Å². The van der Waals surface area contributed by atoms with Crippen molar-refractivity contribution >= 4 is 15.5 Å². The summed E-state index contributed by atoms with van der Waals surface area (Å²) in [5.41, 5.74) is 1.75. The van der Waals surface area contributed by atoms with Gasteiger partial charge >= 0.3 is 0 Å². The quantitative estimate of drug-likeness (QED) is 0.829. The van der Waals surface area contributed by atoms with E-state index in [0.29, 0.717) is 6.61 Å². The Hall–Kier alpha value is -1.11. The number of hydrogen-bond acceptors (Lipinski definition) is 5. The molecule has 1 aliphatic heterocycles. The molecule has 1 heterocycles. The standard InChI is InChI=1S/C12H17NO4S/c1-17-6-9-4-2-3-5-10(9)13-11-7-18(15,16)8-12(11)14/h2-5,11-14H,6-8H2,1H3. The Balaban J connectivity index is 2.15. The second-order valence-corrected chi connectivity index (χ2v) is 6.64. The van der Waals surface area contributed by atoms with E-state index in [9.17, 15) is 13.5 Å². The van der Waals surface area contributed by atoms with Crippen molar-refractivity contribution in [3.63, 3.8) is 0 Å². The molecule has 0 bridgehead atoms. The Morgan fingerprint density at radius 3 is 2.72 bits per heavy atom. The molecule has 2 unspecified atom stereocenters. The second-order valence-electron chi connectivity index (χ2n) is 4.49. The van der Waals surface area contributed by atoms with Gasteiger partial charge < -0.3 is 15.2 Å². The molecule has 0 amide bonds. The van der Waals surface area contributed by atoms with E-state index in [0.717, 1.165) is 11.3 Å². The van der Waals surface area contributed by atoms with Crippen LogP contribution in [0.1, 0.15) is 5.56 Å².